The molecule has 1 aliphatic heterocycles. The van der Waals surface area contributed by atoms with Gasteiger partial charge in [0.05, 0.1) is 23.5 Å². The topological polar surface area (TPSA) is 66.8 Å². The number of carbonyl (C=O) groups excluding carboxylic acids is 1. The second-order valence-electron chi connectivity index (χ2n) is 5.26. The molecule has 0 spiro atoms. The molecule has 7 heteroatoms. The maximum Gasteiger partial charge on any atom is 0.305 e. The predicted octanol–water partition coefficient (Wildman–Crippen LogP) is 2.49. The van der Waals surface area contributed by atoms with Crippen molar-refractivity contribution in [2.45, 2.75) is 18.9 Å². The summed E-state index contributed by atoms with van der Waals surface area (Å²) in [5.41, 5.74) is 0.560. The third-order valence-electron chi connectivity index (χ3n) is 3.72. The summed E-state index contributed by atoms with van der Waals surface area (Å²) in [5.74, 6) is -2.16. The Bertz CT molecular complexity index is 581. The van der Waals surface area contributed by atoms with Crippen LogP contribution in [-0.4, -0.2) is 42.1 Å². The fraction of sp³-hybridized carbons (Fsp3) is 0.467. The van der Waals surface area contributed by atoms with Gasteiger partial charge in [0.25, 0.3) is 0 Å². The molecule has 120 valence electrons. The third kappa shape index (κ3) is 3.75. The Hall–Kier alpha value is -1.66. The second-order valence-corrected chi connectivity index (χ2v) is 5.67. The second kappa shape index (κ2) is 7.07. The van der Waals surface area contributed by atoms with Crippen molar-refractivity contribution in [2.75, 3.05) is 20.2 Å². The van der Waals surface area contributed by atoms with E-state index in [1.165, 1.54) is 17.0 Å². The summed E-state index contributed by atoms with van der Waals surface area (Å²) < 4.78 is 19.2. The van der Waals surface area contributed by atoms with E-state index in [4.69, 9.17) is 21.4 Å². The normalized spacial score (nSPS) is 20.9. The molecule has 0 radical (unpaired) electrons. The maximum atomic E-state index is 13.6. The van der Waals surface area contributed by atoms with Crippen LogP contribution in [0.5, 0.6) is 0 Å². The molecule has 1 amide bonds. The van der Waals surface area contributed by atoms with Gasteiger partial charge in [-0.15, -0.1) is 0 Å². The highest BCUT2D eigenvalue weighted by atomic mass is 35.5. The van der Waals surface area contributed by atoms with Gasteiger partial charge in [0.15, 0.2) is 0 Å². The number of nitrogens with zero attached hydrogens (tertiary/aromatic N) is 1. The number of aliphatic carboxylic acids is 1. The Morgan fingerprint density at radius 3 is 2.86 bits per heavy atom. The highest BCUT2D eigenvalue weighted by Gasteiger charge is 2.37. The first kappa shape index (κ1) is 16.7. The average Bonchev–Trinajstić information content (AvgIpc) is 2.96. The van der Waals surface area contributed by atoms with Crippen LogP contribution in [0.15, 0.2) is 18.2 Å². The lowest BCUT2D eigenvalue weighted by Crippen LogP contribution is -2.35. The van der Waals surface area contributed by atoms with E-state index >= 15 is 0 Å². The van der Waals surface area contributed by atoms with Crippen LogP contribution >= 0.6 is 11.6 Å². The predicted molar refractivity (Wildman–Crippen MR) is 78.1 cm³/mol. The molecular weight excluding hydrogens is 313 g/mol. The molecule has 5 nitrogen and oxygen atoms in total. The smallest absolute Gasteiger partial charge is 0.305 e. The Morgan fingerprint density at radius 1 is 1.50 bits per heavy atom. The average molecular weight is 330 g/mol. The molecule has 1 heterocycles. The minimum atomic E-state index is -0.960. The van der Waals surface area contributed by atoms with Crippen molar-refractivity contribution in [3.05, 3.63) is 34.6 Å². The lowest BCUT2D eigenvalue weighted by atomic mass is 9.94. The monoisotopic (exact) mass is 329 g/mol. The first-order valence-corrected chi connectivity index (χ1v) is 7.31. The van der Waals surface area contributed by atoms with Gasteiger partial charge in [0.2, 0.25) is 5.91 Å². The maximum absolute atomic E-state index is 13.6. The largest absolute Gasteiger partial charge is 0.481 e. The lowest BCUT2D eigenvalue weighted by molar-refractivity contribution is -0.139. The van der Waals surface area contributed by atoms with Crippen molar-refractivity contribution in [3.63, 3.8) is 0 Å². The number of carbonyl (C=O) groups is 2. The molecule has 1 aromatic rings. The van der Waals surface area contributed by atoms with Crippen molar-refractivity contribution in [2.24, 2.45) is 5.92 Å². The van der Waals surface area contributed by atoms with Crippen molar-refractivity contribution >= 4 is 23.5 Å². The minimum Gasteiger partial charge on any atom is -0.481 e. The van der Waals surface area contributed by atoms with Gasteiger partial charge in [-0.1, -0.05) is 17.7 Å². The number of hydrogen-bond donors (Lipinski definition) is 1. The number of carboxylic acid groups (broad SMARTS) is 1. The van der Waals surface area contributed by atoms with Crippen molar-refractivity contribution in [3.8, 4) is 0 Å². The summed E-state index contributed by atoms with van der Waals surface area (Å²) in [6.45, 7) is 0.532. The van der Waals surface area contributed by atoms with Gasteiger partial charge in [-0.25, -0.2) is 4.39 Å². The van der Waals surface area contributed by atoms with E-state index in [2.05, 4.69) is 0 Å². The van der Waals surface area contributed by atoms with E-state index < -0.39 is 23.8 Å². The van der Waals surface area contributed by atoms with Gasteiger partial charge < -0.3 is 14.7 Å². The first-order chi connectivity index (χ1) is 10.4. The van der Waals surface area contributed by atoms with Gasteiger partial charge in [-0.3, -0.25) is 9.59 Å². The number of amides is 1. The number of halogens is 2. The van der Waals surface area contributed by atoms with Gasteiger partial charge in [0.1, 0.15) is 5.82 Å². The molecule has 2 atom stereocenters. The summed E-state index contributed by atoms with van der Waals surface area (Å²) in [5, 5.41) is 8.70. The number of hydrogen-bond acceptors (Lipinski definition) is 3. The fourth-order valence-electron chi connectivity index (χ4n) is 2.52. The zero-order valence-electron chi connectivity index (χ0n) is 12.1. The summed E-state index contributed by atoms with van der Waals surface area (Å²) in [4.78, 5) is 24.4. The van der Waals surface area contributed by atoms with Crippen LogP contribution in [0.2, 0.25) is 5.02 Å². The summed E-state index contributed by atoms with van der Waals surface area (Å²) in [7, 11) is 1.56. The van der Waals surface area contributed by atoms with Crippen LogP contribution in [-0.2, 0) is 14.3 Å². The quantitative estimate of drug-likeness (QED) is 0.901. The number of rotatable bonds is 5. The van der Waals surface area contributed by atoms with E-state index in [-0.39, 0.29) is 23.9 Å². The molecule has 0 aliphatic carbocycles. The van der Waals surface area contributed by atoms with Gasteiger partial charge >= 0.3 is 5.97 Å². The number of benzene rings is 1. The van der Waals surface area contributed by atoms with Crippen molar-refractivity contribution in [1.82, 2.24) is 4.90 Å². The van der Waals surface area contributed by atoms with E-state index in [1.54, 1.807) is 13.1 Å². The molecule has 1 saturated heterocycles. The van der Waals surface area contributed by atoms with Crippen molar-refractivity contribution < 1.29 is 23.8 Å². The molecule has 22 heavy (non-hydrogen) atoms. The molecule has 2 rings (SSSR count). The van der Waals surface area contributed by atoms with Crippen LogP contribution in [0.25, 0.3) is 0 Å². The molecule has 1 N–H and O–H groups in total. The van der Waals surface area contributed by atoms with E-state index in [9.17, 15) is 14.0 Å². The minimum absolute atomic E-state index is 0.0169. The van der Waals surface area contributed by atoms with E-state index in [0.29, 0.717) is 18.6 Å². The number of ether oxygens (including phenoxy) is 1. The van der Waals surface area contributed by atoms with Gasteiger partial charge in [-0.05, 0) is 24.1 Å². The molecule has 0 unspecified atom stereocenters. The van der Waals surface area contributed by atoms with Crippen LogP contribution in [0, 0.1) is 11.7 Å². The molecule has 1 fully saturated rings. The Morgan fingerprint density at radius 2 is 2.23 bits per heavy atom. The van der Waals surface area contributed by atoms with Gasteiger partial charge in [-0.2, -0.15) is 0 Å². The lowest BCUT2D eigenvalue weighted by Gasteiger charge is -2.24. The van der Waals surface area contributed by atoms with Crippen LogP contribution in [0.4, 0.5) is 4.39 Å². The zero-order chi connectivity index (χ0) is 16.3. The first-order valence-electron chi connectivity index (χ1n) is 6.93. The van der Waals surface area contributed by atoms with E-state index in [1.807, 2.05) is 0 Å². The highest BCUT2D eigenvalue weighted by molar-refractivity contribution is 6.30. The van der Waals surface area contributed by atoms with Crippen LogP contribution < -0.4 is 0 Å². The molecule has 1 aromatic carbocycles. The van der Waals surface area contributed by atoms with Gasteiger partial charge in [0, 0.05) is 20.2 Å². The molecule has 0 saturated carbocycles. The summed E-state index contributed by atoms with van der Waals surface area (Å²) in [6.07, 6.45) is -0.132. The molecular formula is C15H17ClFNO4. The summed E-state index contributed by atoms with van der Waals surface area (Å²) in [6, 6.07) is 4.35. The summed E-state index contributed by atoms with van der Waals surface area (Å²) >= 11 is 5.66. The standard InChI is InChI=1S/C15H17ClFNO4/c1-18(6-4-13(19)20)15(21)10-5-7-22-14(10)9-2-3-11(16)12(17)8-9/h2-3,8,10,14H,4-7H2,1H3,(H,19,20)/t10-,14+/m1/s1. The molecule has 1 aliphatic rings. The SMILES string of the molecule is CN(CCC(=O)O)C(=O)[C@@H]1CCO[C@H]1c1ccc(Cl)c(F)c1. The Kier molecular flexibility index (Phi) is 5.37. The Labute approximate surface area is 132 Å². The van der Waals surface area contributed by atoms with Crippen LogP contribution in [0.3, 0.4) is 0 Å². The Balaban J connectivity index is 2.10. The fourth-order valence-corrected chi connectivity index (χ4v) is 2.63. The molecule has 0 aromatic heterocycles. The molecule has 0 bridgehead atoms. The van der Waals surface area contributed by atoms with Crippen LogP contribution in [0.1, 0.15) is 24.5 Å². The van der Waals surface area contributed by atoms with Crippen molar-refractivity contribution in [1.29, 1.82) is 0 Å². The zero-order valence-corrected chi connectivity index (χ0v) is 12.8. The highest BCUT2D eigenvalue weighted by Crippen LogP contribution is 2.36. The third-order valence-corrected chi connectivity index (χ3v) is 4.02. The number of carboxylic acids is 1. The van der Waals surface area contributed by atoms with E-state index in [0.717, 1.165) is 0 Å².